The van der Waals surface area contributed by atoms with Gasteiger partial charge in [0.2, 0.25) is 0 Å². The van der Waals surface area contributed by atoms with Crippen molar-refractivity contribution in [2.24, 2.45) is 0 Å². The molecule has 0 aliphatic carbocycles. The molecule has 0 unspecified atom stereocenters. The molecule has 2 aromatic heterocycles. The summed E-state index contributed by atoms with van der Waals surface area (Å²) in [6.45, 7) is 0. The van der Waals surface area contributed by atoms with Gasteiger partial charge in [0.25, 0.3) is 10.0 Å². The molecule has 1 aromatic carbocycles. The van der Waals surface area contributed by atoms with E-state index in [0.717, 1.165) is 10.9 Å². The number of benzene rings is 1. The van der Waals surface area contributed by atoms with Crippen molar-refractivity contribution in [3.63, 3.8) is 0 Å². The monoisotopic (exact) mass is 261 g/mol. The van der Waals surface area contributed by atoms with Gasteiger partial charge in [0.1, 0.15) is 0 Å². The Kier molecular flexibility index (Phi) is 2.38. The summed E-state index contributed by atoms with van der Waals surface area (Å²) in [5.41, 5.74) is 0.797. The van der Waals surface area contributed by atoms with Crippen molar-refractivity contribution in [1.82, 2.24) is 9.66 Å². The van der Waals surface area contributed by atoms with Crippen molar-refractivity contribution in [1.29, 1.82) is 0 Å². The van der Waals surface area contributed by atoms with Crippen molar-refractivity contribution in [3.8, 4) is 0 Å². The molecule has 0 fully saturated rings. The number of nitrogens with one attached hydrogen (secondary N) is 2. The van der Waals surface area contributed by atoms with E-state index in [1.807, 2.05) is 6.07 Å². The average Bonchev–Trinajstić information content (AvgIpc) is 2.97. The standard InChI is InChI=1S/C12H11N3O2S/c16-18(17,14-15-7-1-2-8-15)11-4-3-10-5-6-13-12(10)9-11/h1-9,13-14H. The predicted molar refractivity (Wildman–Crippen MR) is 69.3 cm³/mol. The normalized spacial score (nSPS) is 11.8. The first-order valence-electron chi connectivity index (χ1n) is 5.38. The van der Waals surface area contributed by atoms with Crippen molar-refractivity contribution >= 4 is 20.9 Å². The van der Waals surface area contributed by atoms with Gasteiger partial charge in [0, 0.05) is 24.1 Å². The lowest BCUT2D eigenvalue weighted by atomic mass is 10.2. The van der Waals surface area contributed by atoms with Gasteiger partial charge in [0.15, 0.2) is 0 Å². The smallest absolute Gasteiger partial charge is 0.275 e. The van der Waals surface area contributed by atoms with Crippen LogP contribution in [0.25, 0.3) is 10.9 Å². The third kappa shape index (κ3) is 1.86. The van der Waals surface area contributed by atoms with E-state index in [1.165, 1.54) is 4.68 Å². The minimum Gasteiger partial charge on any atom is -0.361 e. The first kappa shape index (κ1) is 10.9. The van der Waals surface area contributed by atoms with E-state index in [-0.39, 0.29) is 4.90 Å². The number of hydrogen-bond acceptors (Lipinski definition) is 2. The summed E-state index contributed by atoms with van der Waals surface area (Å²) in [5, 5.41) is 0.981. The largest absolute Gasteiger partial charge is 0.361 e. The number of aromatic nitrogens is 2. The lowest BCUT2D eigenvalue weighted by Crippen LogP contribution is -2.21. The van der Waals surface area contributed by atoms with Gasteiger partial charge in [-0.25, -0.2) is 4.83 Å². The van der Waals surface area contributed by atoms with E-state index < -0.39 is 10.0 Å². The van der Waals surface area contributed by atoms with Gasteiger partial charge >= 0.3 is 0 Å². The summed E-state index contributed by atoms with van der Waals surface area (Å²) >= 11 is 0. The fourth-order valence-corrected chi connectivity index (χ4v) is 2.81. The van der Waals surface area contributed by atoms with E-state index >= 15 is 0 Å². The molecule has 0 atom stereocenters. The molecule has 5 nitrogen and oxygen atoms in total. The molecule has 0 amide bonds. The SMILES string of the molecule is O=S(=O)(Nn1cccc1)c1ccc2cc[nH]c2c1. The van der Waals surface area contributed by atoms with Gasteiger partial charge in [-0.1, -0.05) is 6.07 Å². The molecule has 0 aliphatic rings. The summed E-state index contributed by atoms with van der Waals surface area (Å²) in [6, 6.07) is 10.4. The zero-order chi connectivity index (χ0) is 12.6. The second kappa shape index (κ2) is 3.92. The quantitative estimate of drug-likeness (QED) is 0.756. The highest BCUT2D eigenvalue weighted by atomic mass is 32.2. The Labute approximate surface area is 104 Å². The summed E-state index contributed by atoms with van der Waals surface area (Å²) in [6.07, 6.45) is 5.04. The van der Waals surface area contributed by atoms with Crippen LogP contribution in [0.1, 0.15) is 0 Å². The Morgan fingerprint density at radius 1 is 1.11 bits per heavy atom. The number of aromatic amines is 1. The van der Waals surface area contributed by atoms with Crippen LogP contribution in [0.2, 0.25) is 0 Å². The van der Waals surface area contributed by atoms with Gasteiger partial charge in [-0.05, 0) is 35.7 Å². The maximum atomic E-state index is 12.1. The van der Waals surface area contributed by atoms with E-state index in [2.05, 4.69) is 9.82 Å². The van der Waals surface area contributed by atoms with Crippen LogP contribution in [0.4, 0.5) is 0 Å². The molecule has 0 bridgehead atoms. The molecule has 18 heavy (non-hydrogen) atoms. The van der Waals surface area contributed by atoms with E-state index in [0.29, 0.717) is 0 Å². The zero-order valence-electron chi connectivity index (χ0n) is 9.37. The average molecular weight is 261 g/mol. The highest BCUT2D eigenvalue weighted by molar-refractivity contribution is 7.92. The molecule has 6 heteroatoms. The van der Waals surface area contributed by atoms with Crippen molar-refractivity contribution in [2.45, 2.75) is 4.90 Å². The molecular formula is C12H11N3O2S. The Balaban J connectivity index is 2.02. The van der Waals surface area contributed by atoms with Gasteiger partial charge in [-0.3, -0.25) is 4.68 Å². The molecule has 0 radical (unpaired) electrons. The minimum atomic E-state index is -3.56. The first-order valence-corrected chi connectivity index (χ1v) is 6.86. The molecular weight excluding hydrogens is 250 g/mol. The third-order valence-corrected chi connectivity index (χ3v) is 3.99. The Morgan fingerprint density at radius 2 is 1.89 bits per heavy atom. The number of H-pyrrole nitrogens is 1. The van der Waals surface area contributed by atoms with Crippen LogP contribution in [-0.2, 0) is 10.0 Å². The molecule has 0 saturated carbocycles. The lowest BCUT2D eigenvalue weighted by Gasteiger charge is -2.08. The second-order valence-corrected chi connectivity index (χ2v) is 5.57. The topological polar surface area (TPSA) is 66.9 Å². The highest BCUT2D eigenvalue weighted by Gasteiger charge is 2.14. The molecule has 2 N–H and O–H groups in total. The molecule has 0 spiro atoms. The minimum absolute atomic E-state index is 0.228. The zero-order valence-corrected chi connectivity index (χ0v) is 10.2. The molecule has 3 aromatic rings. The van der Waals surface area contributed by atoms with Gasteiger partial charge in [-0.15, -0.1) is 0 Å². The molecule has 0 saturated heterocycles. The fourth-order valence-electron chi connectivity index (χ4n) is 1.78. The van der Waals surface area contributed by atoms with Crippen molar-refractivity contribution in [3.05, 3.63) is 55.0 Å². The second-order valence-electron chi connectivity index (χ2n) is 3.91. The fraction of sp³-hybridized carbons (Fsp3) is 0. The maximum absolute atomic E-state index is 12.1. The van der Waals surface area contributed by atoms with Crippen LogP contribution in [-0.4, -0.2) is 18.1 Å². The van der Waals surface area contributed by atoms with Crippen LogP contribution in [0.15, 0.2) is 59.9 Å². The maximum Gasteiger partial charge on any atom is 0.275 e. The third-order valence-electron chi connectivity index (χ3n) is 2.67. The number of nitrogens with zero attached hydrogens (tertiary/aromatic N) is 1. The van der Waals surface area contributed by atoms with E-state index in [4.69, 9.17) is 0 Å². The molecule has 3 rings (SSSR count). The molecule has 92 valence electrons. The van der Waals surface area contributed by atoms with Crippen molar-refractivity contribution in [2.75, 3.05) is 4.83 Å². The van der Waals surface area contributed by atoms with Gasteiger partial charge in [0.05, 0.1) is 4.90 Å². The first-order chi connectivity index (χ1) is 8.65. The number of rotatable bonds is 3. The highest BCUT2D eigenvalue weighted by Crippen LogP contribution is 2.18. The number of hydrogen-bond donors (Lipinski definition) is 2. The Morgan fingerprint density at radius 3 is 2.67 bits per heavy atom. The van der Waals surface area contributed by atoms with Crippen LogP contribution in [0, 0.1) is 0 Å². The Bertz CT molecular complexity index is 773. The summed E-state index contributed by atoms with van der Waals surface area (Å²) in [4.78, 5) is 5.67. The molecule has 0 aliphatic heterocycles. The molecule has 2 heterocycles. The van der Waals surface area contributed by atoms with Crippen molar-refractivity contribution < 1.29 is 8.42 Å². The summed E-state index contributed by atoms with van der Waals surface area (Å²) in [7, 11) is -3.56. The van der Waals surface area contributed by atoms with Crippen LogP contribution in [0.5, 0.6) is 0 Å². The summed E-state index contributed by atoms with van der Waals surface area (Å²) in [5.74, 6) is 0. The number of sulfonamides is 1. The predicted octanol–water partition coefficient (Wildman–Crippen LogP) is 1.90. The van der Waals surface area contributed by atoms with Crippen LogP contribution in [0.3, 0.4) is 0 Å². The van der Waals surface area contributed by atoms with Gasteiger partial charge < -0.3 is 4.98 Å². The van der Waals surface area contributed by atoms with E-state index in [1.54, 1.807) is 48.9 Å². The summed E-state index contributed by atoms with van der Waals surface area (Å²) < 4.78 is 25.6. The Hall–Kier alpha value is -2.21. The van der Waals surface area contributed by atoms with Crippen LogP contribution >= 0.6 is 0 Å². The van der Waals surface area contributed by atoms with Crippen LogP contribution < -0.4 is 4.83 Å². The van der Waals surface area contributed by atoms with E-state index in [9.17, 15) is 8.42 Å². The lowest BCUT2D eigenvalue weighted by molar-refractivity contribution is 0.595. The van der Waals surface area contributed by atoms with Gasteiger partial charge in [-0.2, -0.15) is 8.42 Å². The number of fused-ring (bicyclic) bond motifs is 1.